The van der Waals surface area contributed by atoms with Gasteiger partial charge in [-0.1, -0.05) is 136 Å². The van der Waals surface area contributed by atoms with Crippen LogP contribution in [-0.2, 0) is 11.2 Å². The van der Waals surface area contributed by atoms with Gasteiger partial charge in [0.25, 0.3) is 0 Å². The van der Waals surface area contributed by atoms with Gasteiger partial charge in [0.1, 0.15) is 16.5 Å². The summed E-state index contributed by atoms with van der Waals surface area (Å²) in [4.78, 5) is 30.9. The number of carbonyl (C=O) groups is 1. The minimum absolute atomic E-state index is 0.122. The van der Waals surface area contributed by atoms with Crippen molar-refractivity contribution in [2.45, 2.75) is 131 Å². The highest BCUT2D eigenvalue weighted by Gasteiger charge is 2.33. The summed E-state index contributed by atoms with van der Waals surface area (Å²) < 4.78 is 8.84. The summed E-state index contributed by atoms with van der Waals surface area (Å²) in [6.07, 6.45) is 16.9. The molecule has 4 unspecified atom stereocenters. The number of hydrogen-bond donors (Lipinski definition) is 1. The average Bonchev–Trinajstić information content (AvgIpc) is 3.49. The molecular formula is C38H58Br2ClN5O2S3. The number of alkyl halides is 1. The topological polar surface area (TPSA) is 77.4 Å². The number of amides is 1. The molecule has 1 amide bonds. The first-order valence-electron chi connectivity index (χ1n) is 19.0. The Bertz CT molecular complexity index is 1270. The van der Waals surface area contributed by atoms with Crippen molar-refractivity contribution >= 4 is 90.8 Å². The van der Waals surface area contributed by atoms with Gasteiger partial charge in [0, 0.05) is 42.0 Å². The summed E-state index contributed by atoms with van der Waals surface area (Å²) in [5, 5.41) is 2.81. The van der Waals surface area contributed by atoms with Crippen LogP contribution in [0.3, 0.4) is 0 Å². The van der Waals surface area contributed by atoms with E-state index < -0.39 is 11.9 Å². The van der Waals surface area contributed by atoms with Gasteiger partial charge in [-0.05, 0) is 89.9 Å². The Morgan fingerprint density at radius 3 is 2.16 bits per heavy atom. The predicted molar refractivity (Wildman–Crippen MR) is 231 cm³/mol. The van der Waals surface area contributed by atoms with Crippen LogP contribution in [0.15, 0.2) is 55.2 Å². The Kier molecular flexibility index (Phi) is 22.7. The fraction of sp³-hybridized carbons (Fsp3) is 0.684. The molecule has 2 aromatic rings. The van der Waals surface area contributed by atoms with E-state index in [9.17, 15) is 9.70 Å². The molecule has 3 aliphatic rings. The monoisotopic (exact) mass is 905 g/mol. The lowest BCUT2D eigenvalue weighted by Crippen LogP contribution is -2.47. The van der Waals surface area contributed by atoms with Gasteiger partial charge in [0.15, 0.2) is 0 Å². The van der Waals surface area contributed by atoms with Crippen molar-refractivity contribution in [3.05, 3.63) is 55.7 Å². The maximum atomic E-state index is 12.2. The number of hydrogen-bond acceptors (Lipinski definition) is 9. The third-order valence-corrected chi connectivity index (χ3v) is 15.2. The largest absolute Gasteiger partial charge is 0.304 e. The molecule has 4 heterocycles. The van der Waals surface area contributed by atoms with Crippen molar-refractivity contribution < 1.29 is 4.79 Å². The highest BCUT2D eigenvalue weighted by Crippen LogP contribution is 2.40. The Balaban J connectivity index is 0.00000169. The fourth-order valence-corrected chi connectivity index (χ4v) is 12.2. The third kappa shape index (κ3) is 15.8. The smallest absolute Gasteiger partial charge is 0.281 e. The lowest BCUT2D eigenvalue weighted by molar-refractivity contribution is -0.119. The number of nitrogens with one attached hydrogen (secondary N) is 1. The van der Waals surface area contributed by atoms with Gasteiger partial charge in [-0.2, -0.15) is 0 Å². The van der Waals surface area contributed by atoms with Gasteiger partial charge >= 0.3 is 5.91 Å². The lowest BCUT2D eigenvalue weighted by atomic mass is 9.89. The summed E-state index contributed by atoms with van der Waals surface area (Å²) >= 11 is 18.6. The van der Waals surface area contributed by atoms with Crippen LogP contribution in [0.25, 0.3) is 0 Å². The number of thiophene rings is 1. The second-order valence-electron chi connectivity index (χ2n) is 13.0. The van der Waals surface area contributed by atoms with Crippen LogP contribution < -0.4 is 4.72 Å². The highest BCUT2D eigenvalue weighted by atomic mass is 79.9. The second kappa shape index (κ2) is 25.7. The minimum atomic E-state index is -0.665. The normalized spacial score (nSPS) is 22.4. The summed E-state index contributed by atoms with van der Waals surface area (Å²) in [6.45, 7) is 12.6. The SMILES string of the molecule is CC.CC.O=NC(=O)C(Cc1ccccc1)NSC1C=NC(N2CCC(CCCCCCC3CCN(Sc4cc(Br)c(Cl)s4)CC3)CC2)C(Br)C1. The van der Waals surface area contributed by atoms with Crippen molar-refractivity contribution in [3.8, 4) is 0 Å². The van der Waals surface area contributed by atoms with Gasteiger partial charge in [-0.25, -0.2) is 4.31 Å². The summed E-state index contributed by atoms with van der Waals surface area (Å²) in [5.74, 6) is 1.06. The Morgan fingerprint density at radius 2 is 1.61 bits per heavy atom. The maximum Gasteiger partial charge on any atom is 0.304 e. The van der Waals surface area contributed by atoms with E-state index in [-0.39, 0.29) is 16.2 Å². The van der Waals surface area contributed by atoms with E-state index in [0.29, 0.717) is 6.42 Å². The molecule has 0 saturated carbocycles. The summed E-state index contributed by atoms with van der Waals surface area (Å²) in [5.41, 5.74) is 0.995. The van der Waals surface area contributed by atoms with E-state index in [2.05, 4.69) is 57.0 Å². The number of likely N-dealkylation sites (tertiary alicyclic amines) is 1. The van der Waals surface area contributed by atoms with E-state index in [4.69, 9.17) is 16.6 Å². The molecule has 0 bridgehead atoms. The van der Waals surface area contributed by atoms with Crippen LogP contribution in [0.2, 0.25) is 4.34 Å². The first-order chi connectivity index (χ1) is 24.9. The Morgan fingerprint density at radius 1 is 1.00 bits per heavy atom. The molecule has 0 spiro atoms. The number of benzene rings is 1. The second-order valence-corrected chi connectivity index (χ2v) is 19.2. The number of unbranched alkanes of at least 4 members (excludes halogenated alkanes) is 3. The molecule has 51 heavy (non-hydrogen) atoms. The molecule has 7 nitrogen and oxygen atoms in total. The molecule has 5 rings (SSSR count). The van der Waals surface area contributed by atoms with Crippen molar-refractivity contribution in [3.63, 3.8) is 0 Å². The van der Waals surface area contributed by atoms with Gasteiger partial charge < -0.3 is 0 Å². The van der Waals surface area contributed by atoms with Gasteiger partial charge in [-0.15, -0.1) is 16.2 Å². The van der Waals surface area contributed by atoms with E-state index in [1.807, 2.05) is 76.2 Å². The van der Waals surface area contributed by atoms with Crippen LogP contribution in [0.5, 0.6) is 0 Å². The summed E-state index contributed by atoms with van der Waals surface area (Å²) in [7, 11) is 0. The molecule has 1 N–H and O–H groups in total. The number of nitroso groups, excluding NO2 is 1. The minimum Gasteiger partial charge on any atom is -0.281 e. The van der Waals surface area contributed by atoms with Crippen LogP contribution >= 0.6 is 78.7 Å². The van der Waals surface area contributed by atoms with Crippen molar-refractivity contribution in [1.29, 1.82) is 0 Å². The number of carbonyl (C=O) groups excluding carboxylic acids is 1. The van der Waals surface area contributed by atoms with Gasteiger partial charge in [0.05, 0.1) is 14.3 Å². The molecule has 0 radical (unpaired) electrons. The van der Waals surface area contributed by atoms with Crippen LogP contribution in [0, 0.1) is 16.7 Å². The van der Waals surface area contributed by atoms with Crippen molar-refractivity contribution in [2.24, 2.45) is 22.0 Å². The predicted octanol–water partition coefficient (Wildman–Crippen LogP) is 12.1. The van der Waals surface area contributed by atoms with E-state index in [1.54, 1.807) is 11.3 Å². The molecule has 2 saturated heterocycles. The molecule has 3 aliphatic heterocycles. The molecule has 1 aromatic heterocycles. The van der Waals surface area contributed by atoms with Gasteiger partial charge in [0.2, 0.25) is 0 Å². The standard InChI is InChI=1S/C34H46Br2ClN5O2S3.2C2H6/c35-28-22-31(45-32(28)37)47-42-18-14-25(15-19-42)9-5-2-1-4-8-24-12-16-41(17-13-24)33-29(36)21-27(23-38-33)46-40-30(34(43)39-44)20-26-10-6-3-7-11-26;2*1-2/h3,6-7,10-11,22-25,27,29-30,33,40H,1-2,4-5,8-9,12-21H2;2*1-2H3. The molecule has 1 aromatic carbocycles. The van der Waals surface area contributed by atoms with E-state index in [1.165, 1.54) is 93.5 Å². The fourth-order valence-electron chi connectivity index (χ4n) is 6.86. The molecule has 286 valence electrons. The Hall–Kier alpha value is -0.310. The zero-order valence-corrected chi connectivity index (χ0v) is 37.2. The molecule has 4 atom stereocenters. The van der Waals surface area contributed by atoms with Crippen LogP contribution in [-0.4, -0.2) is 69.8 Å². The van der Waals surface area contributed by atoms with Crippen molar-refractivity contribution in [1.82, 2.24) is 13.9 Å². The van der Waals surface area contributed by atoms with Crippen LogP contribution in [0.1, 0.15) is 104 Å². The lowest BCUT2D eigenvalue weighted by Gasteiger charge is -2.40. The first kappa shape index (κ1) is 45.1. The quantitative estimate of drug-likeness (QED) is 0.0778. The number of piperidine rings is 2. The first-order valence-corrected chi connectivity index (χ1v) is 23.5. The highest BCUT2D eigenvalue weighted by molar-refractivity contribution is 9.10. The number of nitrogens with zero attached hydrogens (tertiary/aromatic N) is 4. The molecule has 2 fully saturated rings. The number of halogens is 3. The zero-order chi connectivity index (χ0) is 37.0. The maximum absolute atomic E-state index is 12.2. The Labute approximate surface area is 342 Å². The van der Waals surface area contributed by atoms with Crippen LogP contribution in [0.4, 0.5) is 0 Å². The molecule has 13 heteroatoms. The molecular weight excluding hydrogens is 850 g/mol. The van der Waals surface area contributed by atoms with E-state index >= 15 is 0 Å². The number of aliphatic imine (C=N–C) groups is 1. The van der Waals surface area contributed by atoms with E-state index in [0.717, 1.165) is 45.7 Å². The van der Waals surface area contributed by atoms with Gasteiger partial charge in [-0.3, -0.25) is 19.4 Å². The third-order valence-electron chi connectivity index (χ3n) is 9.63. The summed E-state index contributed by atoms with van der Waals surface area (Å²) in [6, 6.07) is 11.2. The van der Waals surface area contributed by atoms with Crippen molar-refractivity contribution in [2.75, 3.05) is 26.2 Å². The zero-order valence-electron chi connectivity index (χ0n) is 30.8. The molecule has 0 aliphatic carbocycles. The number of rotatable bonds is 16. The average molecular weight is 908 g/mol.